The zero-order valence-corrected chi connectivity index (χ0v) is 10.6. The molecule has 0 bridgehead atoms. The summed E-state index contributed by atoms with van der Waals surface area (Å²) in [7, 11) is 1.45. The van der Waals surface area contributed by atoms with Crippen molar-refractivity contribution in [3.05, 3.63) is 30.0 Å². The Kier molecular flexibility index (Phi) is 3.58. The first kappa shape index (κ1) is 14.2. The maximum atomic E-state index is 12.7. The van der Waals surface area contributed by atoms with Gasteiger partial charge in [0.1, 0.15) is 12.2 Å². The van der Waals surface area contributed by atoms with Crippen molar-refractivity contribution in [2.75, 3.05) is 12.8 Å². The molecule has 1 aromatic carbocycles. The molecule has 0 aliphatic heterocycles. The van der Waals surface area contributed by atoms with E-state index in [1.807, 2.05) is 0 Å². The molecular weight excluding hydrogens is 273 g/mol. The second-order valence-corrected chi connectivity index (χ2v) is 4.22. The van der Waals surface area contributed by atoms with Crippen molar-refractivity contribution in [1.29, 1.82) is 0 Å². The van der Waals surface area contributed by atoms with Gasteiger partial charge in [0.25, 0.3) is 5.91 Å². The second kappa shape index (κ2) is 5.04. The number of nitrogens with zero attached hydrogens (tertiary/aromatic N) is 1. The Morgan fingerprint density at radius 1 is 1.40 bits per heavy atom. The van der Waals surface area contributed by atoms with E-state index in [-0.39, 0.29) is 11.2 Å². The van der Waals surface area contributed by atoms with Crippen LogP contribution in [0.4, 0.5) is 18.9 Å². The van der Waals surface area contributed by atoms with Gasteiger partial charge < -0.3 is 10.3 Å². The molecule has 108 valence electrons. The lowest BCUT2D eigenvalue weighted by atomic mass is 10.2. The number of benzene rings is 1. The van der Waals surface area contributed by atoms with Crippen molar-refractivity contribution in [2.24, 2.45) is 0 Å². The van der Waals surface area contributed by atoms with E-state index < -0.39 is 18.6 Å². The van der Waals surface area contributed by atoms with Gasteiger partial charge in [-0.15, -0.1) is 0 Å². The molecule has 0 unspecified atom stereocenters. The van der Waals surface area contributed by atoms with Gasteiger partial charge in [-0.2, -0.15) is 13.2 Å². The Bertz CT molecular complexity index is 648. The average Bonchev–Trinajstić information content (AvgIpc) is 2.68. The Morgan fingerprint density at radius 2 is 2.10 bits per heavy atom. The number of hydrogen-bond donors (Lipinski definition) is 3. The van der Waals surface area contributed by atoms with E-state index in [1.165, 1.54) is 19.2 Å². The molecule has 2 aromatic rings. The molecule has 8 heteroatoms. The monoisotopic (exact) mass is 286 g/mol. The molecule has 0 spiro atoms. The lowest BCUT2D eigenvalue weighted by Crippen LogP contribution is -2.36. The standard InChI is InChI=1S/C12H13F3N4O/c1-17-18-11(20)10-5-7-8(16)3-2-4-9(7)19(10)6-12(13,14)15/h2-5,17H,6,16H2,1H3,(H,18,20). The molecule has 4 N–H and O–H groups in total. The summed E-state index contributed by atoms with van der Waals surface area (Å²) in [6.45, 7) is -1.26. The highest BCUT2D eigenvalue weighted by molar-refractivity contribution is 6.01. The van der Waals surface area contributed by atoms with Gasteiger partial charge in [0.15, 0.2) is 0 Å². The number of nitrogen functional groups attached to an aromatic ring is 1. The largest absolute Gasteiger partial charge is 0.406 e. The van der Waals surface area contributed by atoms with Crippen LogP contribution in [0.1, 0.15) is 10.5 Å². The van der Waals surface area contributed by atoms with E-state index >= 15 is 0 Å². The number of alkyl halides is 3. The number of rotatable bonds is 3. The van der Waals surface area contributed by atoms with Crippen LogP contribution in [0.25, 0.3) is 10.9 Å². The van der Waals surface area contributed by atoms with E-state index in [2.05, 4.69) is 10.9 Å². The third kappa shape index (κ3) is 2.69. The minimum Gasteiger partial charge on any atom is -0.398 e. The molecule has 0 atom stereocenters. The summed E-state index contributed by atoms with van der Waals surface area (Å²) in [5.74, 6) is -0.660. The number of anilines is 1. The molecular formula is C12H13F3N4O. The van der Waals surface area contributed by atoms with Crippen molar-refractivity contribution in [2.45, 2.75) is 12.7 Å². The van der Waals surface area contributed by atoms with Crippen LogP contribution in [0.5, 0.6) is 0 Å². The number of hydrogen-bond acceptors (Lipinski definition) is 3. The number of nitrogens with one attached hydrogen (secondary N) is 2. The summed E-state index contributed by atoms with van der Waals surface area (Å²) in [4.78, 5) is 11.8. The first-order chi connectivity index (χ1) is 9.33. The molecule has 0 saturated heterocycles. The topological polar surface area (TPSA) is 72.1 Å². The Hall–Kier alpha value is -2.22. The van der Waals surface area contributed by atoms with E-state index in [4.69, 9.17) is 5.73 Å². The van der Waals surface area contributed by atoms with Gasteiger partial charge in [-0.3, -0.25) is 10.2 Å². The first-order valence-electron chi connectivity index (χ1n) is 5.75. The molecule has 1 heterocycles. The SMILES string of the molecule is CNNC(=O)c1cc2c(N)cccc2n1CC(F)(F)F. The van der Waals surface area contributed by atoms with E-state index in [9.17, 15) is 18.0 Å². The van der Waals surface area contributed by atoms with Crippen LogP contribution in [-0.2, 0) is 6.54 Å². The van der Waals surface area contributed by atoms with Crippen LogP contribution in [-0.4, -0.2) is 23.7 Å². The normalized spacial score (nSPS) is 11.8. The van der Waals surface area contributed by atoms with Crippen molar-refractivity contribution in [3.63, 3.8) is 0 Å². The highest BCUT2D eigenvalue weighted by Crippen LogP contribution is 2.28. The molecule has 2 rings (SSSR count). The van der Waals surface area contributed by atoms with E-state index in [0.717, 1.165) is 4.57 Å². The maximum Gasteiger partial charge on any atom is 0.406 e. The summed E-state index contributed by atoms with van der Waals surface area (Å²) in [5.41, 5.74) is 10.9. The Balaban J connectivity index is 2.63. The van der Waals surface area contributed by atoms with Crippen LogP contribution in [0.3, 0.4) is 0 Å². The summed E-state index contributed by atoms with van der Waals surface area (Å²) in [6, 6.07) is 5.96. The number of carbonyl (C=O) groups is 1. The van der Waals surface area contributed by atoms with Gasteiger partial charge in [-0.05, 0) is 18.2 Å². The smallest absolute Gasteiger partial charge is 0.398 e. The van der Waals surface area contributed by atoms with Gasteiger partial charge in [0, 0.05) is 18.1 Å². The number of hydrazine groups is 1. The second-order valence-electron chi connectivity index (χ2n) is 4.22. The highest BCUT2D eigenvalue weighted by Gasteiger charge is 2.31. The number of halogens is 3. The van der Waals surface area contributed by atoms with Crippen molar-refractivity contribution in [1.82, 2.24) is 15.4 Å². The summed E-state index contributed by atoms with van der Waals surface area (Å²) in [5, 5.41) is 0.415. The lowest BCUT2D eigenvalue weighted by Gasteiger charge is -2.13. The number of carbonyl (C=O) groups excluding carboxylic acids is 1. The molecule has 0 aliphatic carbocycles. The van der Waals surface area contributed by atoms with Crippen molar-refractivity contribution >= 4 is 22.5 Å². The van der Waals surface area contributed by atoms with Crippen LogP contribution in [0, 0.1) is 0 Å². The van der Waals surface area contributed by atoms with E-state index in [1.54, 1.807) is 12.1 Å². The maximum absolute atomic E-state index is 12.7. The Labute approximate surface area is 112 Å². The molecule has 20 heavy (non-hydrogen) atoms. The van der Waals surface area contributed by atoms with Gasteiger partial charge in [-0.1, -0.05) is 6.07 Å². The molecule has 0 radical (unpaired) electrons. The highest BCUT2D eigenvalue weighted by atomic mass is 19.4. The van der Waals surface area contributed by atoms with Crippen LogP contribution in [0.15, 0.2) is 24.3 Å². The molecule has 0 aliphatic rings. The fourth-order valence-corrected chi connectivity index (χ4v) is 2.02. The molecule has 1 aromatic heterocycles. The average molecular weight is 286 g/mol. The third-order valence-corrected chi connectivity index (χ3v) is 2.79. The van der Waals surface area contributed by atoms with E-state index in [0.29, 0.717) is 11.1 Å². The predicted octanol–water partition coefficient (Wildman–Crippen LogP) is 1.65. The molecule has 0 fully saturated rings. The van der Waals surface area contributed by atoms with Gasteiger partial charge in [-0.25, -0.2) is 5.43 Å². The number of amides is 1. The fraction of sp³-hybridized carbons (Fsp3) is 0.250. The van der Waals surface area contributed by atoms with Gasteiger partial charge in [0.2, 0.25) is 0 Å². The quantitative estimate of drug-likeness (QED) is 0.593. The molecule has 1 amide bonds. The fourth-order valence-electron chi connectivity index (χ4n) is 2.02. The number of fused-ring (bicyclic) bond motifs is 1. The number of aromatic nitrogens is 1. The summed E-state index contributed by atoms with van der Waals surface area (Å²) < 4.78 is 38.9. The van der Waals surface area contributed by atoms with Gasteiger partial charge >= 0.3 is 6.18 Å². The summed E-state index contributed by atoms with van der Waals surface area (Å²) >= 11 is 0. The number of nitrogens with two attached hydrogens (primary N) is 1. The minimum atomic E-state index is -4.44. The van der Waals surface area contributed by atoms with Crippen LogP contribution < -0.4 is 16.6 Å². The Morgan fingerprint density at radius 3 is 2.70 bits per heavy atom. The third-order valence-electron chi connectivity index (χ3n) is 2.79. The predicted molar refractivity (Wildman–Crippen MR) is 68.9 cm³/mol. The molecule has 5 nitrogen and oxygen atoms in total. The van der Waals surface area contributed by atoms with Crippen molar-refractivity contribution in [3.8, 4) is 0 Å². The zero-order chi connectivity index (χ0) is 14.9. The minimum absolute atomic E-state index is 0.107. The first-order valence-corrected chi connectivity index (χ1v) is 5.75. The lowest BCUT2D eigenvalue weighted by molar-refractivity contribution is -0.140. The van der Waals surface area contributed by atoms with Gasteiger partial charge in [0.05, 0.1) is 5.52 Å². The molecule has 0 saturated carbocycles. The van der Waals surface area contributed by atoms with Crippen LogP contribution >= 0.6 is 0 Å². The van der Waals surface area contributed by atoms with Crippen molar-refractivity contribution < 1.29 is 18.0 Å². The zero-order valence-electron chi connectivity index (χ0n) is 10.6. The van der Waals surface area contributed by atoms with Crippen LogP contribution in [0.2, 0.25) is 0 Å². The summed E-state index contributed by atoms with van der Waals surface area (Å²) in [6.07, 6.45) is -4.44.